The Kier molecular flexibility index (Phi) is 7.88. The van der Waals surface area contributed by atoms with Gasteiger partial charge in [0.25, 0.3) is 0 Å². The van der Waals surface area contributed by atoms with Gasteiger partial charge in [0.05, 0.1) is 6.73 Å². The van der Waals surface area contributed by atoms with Crippen LogP contribution in [-0.2, 0) is 4.74 Å². The van der Waals surface area contributed by atoms with Crippen LogP contribution in [0.5, 0.6) is 5.75 Å². The largest absolute Gasteiger partial charge is 0.491 e. The topological polar surface area (TPSA) is 44.5 Å². The lowest BCUT2D eigenvalue weighted by molar-refractivity contribution is 0.0392. The fraction of sp³-hybridized carbons (Fsp3) is 0.538. The van der Waals surface area contributed by atoms with Crippen LogP contribution in [0.3, 0.4) is 0 Å². The predicted octanol–water partition coefficient (Wildman–Crippen LogP) is 2.51. The fourth-order valence-electron chi connectivity index (χ4n) is 1.35. The van der Waals surface area contributed by atoms with E-state index in [0.29, 0.717) is 6.61 Å². The third kappa shape index (κ3) is 6.56. The highest BCUT2D eigenvalue weighted by molar-refractivity contribution is 7.99. The highest BCUT2D eigenvalue weighted by Gasteiger charge is 2.09. The van der Waals surface area contributed by atoms with Crippen LogP contribution in [0.1, 0.15) is 13.3 Å². The number of para-hydroxylation sites is 1. The third-order valence-corrected chi connectivity index (χ3v) is 3.47. The zero-order chi connectivity index (χ0) is 12.3. The normalized spacial score (nSPS) is 12.4. The molecule has 0 amide bonds. The van der Waals surface area contributed by atoms with Crippen LogP contribution in [-0.4, -0.2) is 30.9 Å². The summed E-state index contributed by atoms with van der Waals surface area (Å²) in [7, 11) is 0. The minimum atomic E-state index is 0.0664. The molecular formula is C13H21NO2S. The van der Waals surface area contributed by atoms with Crippen molar-refractivity contribution >= 4 is 11.8 Å². The zero-order valence-corrected chi connectivity index (χ0v) is 11.1. The number of benzene rings is 1. The molecule has 17 heavy (non-hydrogen) atoms. The van der Waals surface area contributed by atoms with Crippen LogP contribution in [0.25, 0.3) is 0 Å². The van der Waals surface area contributed by atoms with Crippen LogP contribution in [0, 0.1) is 0 Å². The minimum Gasteiger partial charge on any atom is -0.491 e. The van der Waals surface area contributed by atoms with E-state index in [-0.39, 0.29) is 12.8 Å². The van der Waals surface area contributed by atoms with Crippen molar-refractivity contribution in [1.29, 1.82) is 0 Å². The van der Waals surface area contributed by atoms with Crippen molar-refractivity contribution < 1.29 is 9.47 Å². The first-order chi connectivity index (χ1) is 8.36. The molecule has 1 atom stereocenters. The van der Waals surface area contributed by atoms with Crippen molar-refractivity contribution in [1.82, 2.24) is 0 Å². The molecule has 0 fully saturated rings. The molecule has 0 saturated carbocycles. The van der Waals surface area contributed by atoms with Crippen molar-refractivity contribution in [2.24, 2.45) is 5.73 Å². The smallest absolute Gasteiger partial charge is 0.119 e. The van der Waals surface area contributed by atoms with E-state index in [9.17, 15) is 0 Å². The Morgan fingerprint density at radius 2 is 2.06 bits per heavy atom. The Balaban J connectivity index is 2.28. The van der Waals surface area contributed by atoms with E-state index < -0.39 is 0 Å². The molecule has 1 aromatic rings. The highest BCUT2D eigenvalue weighted by Crippen LogP contribution is 2.12. The molecule has 0 radical (unpaired) electrons. The number of thioether (sulfide) groups is 1. The number of hydrogen-bond donors (Lipinski definition) is 1. The molecule has 0 aliphatic carbocycles. The van der Waals surface area contributed by atoms with Crippen molar-refractivity contribution in [3.8, 4) is 5.75 Å². The summed E-state index contributed by atoms with van der Waals surface area (Å²) in [5.74, 6) is 2.95. The molecule has 1 unspecified atom stereocenters. The second-order valence-corrected chi connectivity index (χ2v) is 4.80. The van der Waals surface area contributed by atoms with Crippen molar-refractivity contribution in [2.45, 2.75) is 19.4 Å². The van der Waals surface area contributed by atoms with Gasteiger partial charge in [0, 0.05) is 5.75 Å². The van der Waals surface area contributed by atoms with Crippen LogP contribution in [0.4, 0.5) is 0 Å². The van der Waals surface area contributed by atoms with Crippen LogP contribution in [0.15, 0.2) is 30.3 Å². The van der Waals surface area contributed by atoms with Gasteiger partial charge in [-0.25, -0.2) is 0 Å². The highest BCUT2D eigenvalue weighted by atomic mass is 32.2. The van der Waals surface area contributed by atoms with E-state index >= 15 is 0 Å². The molecule has 0 spiro atoms. The second kappa shape index (κ2) is 9.33. The van der Waals surface area contributed by atoms with Gasteiger partial charge in [-0.15, -0.1) is 0 Å². The summed E-state index contributed by atoms with van der Waals surface area (Å²) in [5, 5.41) is 0. The maximum Gasteiger partial charge on any atom is 0.119 e. The Labute approximate surface area is 108 Å². The molecule has 1 aromatic carbocycles. The standard InChI is InChI=1S/C13H21NO2S/c1-2-8-17-10-13(16-11-14)9-15-12-6-4-3-5-7-12/h3-7,13H,2,8-11,14H2,1H3. The molecule has 96 valence electrons. The van der Waals surface area contributed by atoms with Crippen molar-refractivity contribution in [3.63, 3.8) is 0 Å². The molecule has 0 aliphatic heterocycles. The van der Waals surface area contributed by atoms with Crippen molar-refractivity contribution in [2.75, 3.05) is 24.8 Å². The van der Waals surface area contributed by atoms with E-state index in [1.807, 2.05) is 42.1 Å². The first-order valence-electron chi connectivity index (χ1n) is 5.94. The summed E-state index contributed by atoms with van der Waals surface area (Å²) in [6.45, 7) is 2.97. The number of hydrogen-bond acceptors (Lipinski definition) is 4. The Hall–Kier alpha value is -0.710. The van der Waals surface area contributed by atoms with Gasteiger partial charge in [-0.3, -0.25) is 0 Å². The molecular weight excluding hydrogens is 234 g/mol. The number of rotatable bonds is 9. The average Bonchev–Trinajstić information content (AvgIpc) is 2.37. The van der Waals surface area contributed by atoms with E-state index in [1.54, 1.807) is 0 Å². The maximum atomic E-state index is 5.66. The molecule has 4 heteroatoms. The molecule has 1 rings (SSSR count). The minimum absolute atomic E-state index is 0.0664. The van der Waals surface area contributed by atoms with Gasteiger partial charge in [-0.1, -0.05) is 25.1 Å². The lowest BCUT2D eigenvalue weighted by Crippen LogP contribution is -2.27. The Morgan fingerprint density at radius 1 is 1.29 bits per heavy atom. The molecule has 3 nitrogen and oxygen atoms in total. The van der Waals surface area contributed by atoms with Crippen LogP contribution < -0.4 is 10.5 Å². The summed E-state index contributed by atoms with van der Waals surface area (Å²) in [4.78, 5) is 0. The summed E-state index contributed by atoms with van der Waals surface area (Å²) in [5.41, 5.74) is 5.42. The monoisotopic (exact) mass is 255 g/mol. The van der Waals surface area contributed by atoms with Crippen molar-refractivity contribution in [3.05, 3.63) is 30.3 Å². The Bertz CT molecular complexity index is 282. The molecule has 0 heterocycles. The zero-order valence-electron chi connectivity index (χ0n) is 10.3. The number of nitrogens with two attached hydrogens (primary N) is 1. The summed E-state index contributed by atoms with van der Waals surface area (Å²) in [6, 6.07) is 9.77. The van der Waals surface area contributed by atoms with Crippen LogP contribution in [0.2, 0.25) is 0 Å². The molecule has 2 N–H and O–H groups in total. The van der Waals surface area contributed by atoms with E-state index in [4.69, 9.17) is 15.2 Å². The third-order valence-electron chi connectivity index (χ3n) is 2.16. The van der Waals surface area contributed by atoms with Gasteiger partial charge < -0.3 is 15.2 Å². The predicted molar refractivity (Wildman–Crippen MR) is 73.5 cm³/mol. The van der Waals surface area contributed by atoms with E-state index in [1.165, 1.54) is 6.42 Å². The van der Waals surface area contributed by atoms with Gasteiger partial charge in [-0.05, 0) is 24.3 Å². The molecule has 0 aromatic heterocycles. The second-order valence-electron chi connectivity index (χ2n) is 3.65. The van der Waals surface area contributed by atoms with Gasteiger partial charge in [0.2, 0.25) is 0 Å². The van der Waals surface area contributed by atoms with Gasteiger partial charge >= 0.3 is 0 Å². The summed E-state index contributed by atoms with van der Waals surface area (Å²) in [6.07, 6.45) is 1.25. The lowest BCUT2D eigenvalue weighted by Gasteiger charge is -2.17. The fourth-order valence-corrected chi connectivity index (χ4v) is 2.26. The Morgan fingerprint density at radius 3 is 2.71 bits per heavy atom. The van der Waals surface area contributed by atoms with E-state index in [0.717, 1.165) is 17.3 Å². The van der Waals surface area contributed by atoms with Gasteiger partial charge in [0.1, 0.15) is 18.5 Å². The first-order valence-corrected chi connectivity index (χ1v) is 7.09. The van der Waals surface area contributed by atoms with Gasteiger partial charge in [0.15, 0.2) is 0 Å². The van der Waals surface area contributed by atoms with Crippen LogP contribution >= 0.6 is 11.8 Å². The summed E-state index contributed by atoms with van der Waals surface area (Å²) >= 11 is 1.88. The maximum absolute atomic E-state index is 5.66. The SMILES string of the molecule is CCCSCC(COc1ccccc1)OCN. The summed E-state index contributed by atoms with van der Waals surface area (Å²) < 4.78 is 11.1. The van der Waals surface area contributed by atoms with E-state index in [2.05, 4.69) is 6.92 Å². The molecule has 0 aliphatic rings. The lowest BCUT2D eigenvalue weighted by atomic mass is 10.3. The van der Waals surface area contributed by atoms with Gasteiger partial charge in [-0.2, -0.15) is 11.8 Å². The quantitative estimate of drug-likeness (QED) is 0.544. The molecule has 0 saturated heterocycles. The first kappa shape index (κ1) is 14.4. The average molecular weight is 255 g/mol. The number of ether oxygens (including phenoxy) is 2. The molecule has 0 bridgehead atoms.